The number of aromatic nitrogens is 2. The Kier molecular flexibility index (Phi) is 5.52. The fourth-order valence-electron chi connectivity index (χ4n) is 4.26. The van der Waals surface area contributed by atoms with E-state index in [2.05, 4.69) is 9.97 Å². The van der Waals surface area contributed by atoms with Gasteiger partial charge in [-0.05, 0) is 25.7 Å². The van der Waals surface area contributed by atoms with Gasteiger partial charge in [-0.15, -0.1) is 0 Å². The lowest BCUT2D eigenvalue weighted by atomic mass is 10.0. The third-order valence-corrected chi connectivity index (χ3v) is 5.66. The molecule has 27 heavy (non-hydrogen) atoms. The maximum Gasteiger partial charge on any atom is 0.232 e. The molecule has 1 aromatic rings. The Morgan fingerprint density at radius 2 is 2.04 bits per heavy atom. The molecule has 3 aliphatic rings. The van der Waals surface area contributed by atoms with Crippen LogP contribution in [0.15, 0.2) is 18.6 Å². The maximum absolute atomic E-state index is 13.0. The smallest absolute Gasteiger partial charge is 0.232 e. The third kappa shape index (κ3) is 4.21. The van der Waals surface area contributed by atoms with Crippen molar-refractivity contribution in [1.29, 1.82) is 0 Å². The zero-order chi connectivity index (χ0) is 18.6. The lowest BCUT2D eigenvalue weighted by Crippen LogP contribution is -2.47. The summed E-state index contributed by atoms with van der Waals surface area (Å²) in [4.78, 5) is 37.4. The van der Waals surface area contributed by atoms with Crippen molar-refractivity contribution in [3.8, 4) is 5.88 Å². The summed E-state index contributed by atoms with van der Waals surface area (Å²) in [6.07, 6.45) is 8.53. The SMILES string of the molecule is O=C(C1CC(=O)N(C2CCOCC2)C1)N1CCCC(Oc2cnccn2)C1. The number of rotatable bonds is 4. The van der Waals surface area contributed by atoms with Crippen LogP contribution in [0.2, 0.25) is 0 Å². The average molecular weight is 374 g/mol. The summed E-state index contributed by atoms with van der Waals surface area (Å²) in [6, 6.07) is 0.221. The standard InChI is InChI=1S/C19H26N4O4/c24-18-10-14(12-23(18)15-3-8-26-9-4-15)19(25)22-7-1-2-16(13-22)27-17-11-20-5-6-21-17/h5-6,11,14-16H,1-4,7-10,12-13H2. The first kappa shape index (κ1) is 18.2. The second-order valence-electron chi connectivity index (χ2n) is 7.50. The molecular weight excluding hydrogens is 348 g/mol. The van der Waals surface area contributed by atoms with Crippen molar-refractivity contribution in [3.05, 3.63) is 18.6 Å². The molecule has 2 unspecified atom stereocenters. The highest BCUT2D eigenvalue weighted by Gasteiger charge is 2.40. The minimum absolute atomic E-state index is 0.0744. The molecule has 0 aromatic carbocycles. The molecule has 2 atom stereocenters. The predicted molar refractivity (Wildman–Crippen MR) is 95.9 cm³/mol. The van der Waals surface area contributed by atoms with Gasteiger partial charge in [0.15, 0.2) is 0 Å². The fourth-order valence-corrected chi connectivity index (χ4v) is 4.26. The first-order valence-corrected chi connectivity index (χ1v) is 9.79. The second-order valence-corrected chi connectivity index (χ2v) is 7.50. The van der Waals surface area contributed by atoms with Crippen LogP contribution in [0, 0.1) is 5.92 Å². The van der Waals surface area contributed by atoms with Gasteiger partial charge in [0.25, 0.3) is 0 Å². The summed E-state index contributed by atoms with van der Waals surface area (Å²) < 4.78 is 11.3. The lowest BCUT2D eigenvalue weighted by Gasteiger charge is -2.34. The van der Waals surface area contributed by atoms with Gasteiger partial charge in [-0.2, -0.15) is 0 Å². The average Bonchev–Trinajstić information content (AvgIpc) is 3.11. The van der Waals surface area contributed by atoms with E-state index in [0.717, 1.165) is 32.2 Å². The molecule has 0 saturated carbocycles. The number of nitrogens with zero attached hydrogens (tertiary/aromatic N) is 4. The van der Waals surface area contributed by atoms with Gasteiger partial charge in [-0.1, -0.05) is 0 Å². The molecule has 2 amide bonds. The quantitative estimate of drug-likeness (QED) is 0.778. The van der Waals surface area contributed by atoms with Gasteiger partial charge in [0.1, 0.15) is 6.10 Å². The third-order valence-electron chi connectivity index (χ3n) is 5.66. The fraction of sp³-hybridized carbons (Fsp3) is 0.684. The molecule has 8 heteroatoms. The van der Waals surface area contributed by atoms with Crippen LogP contribution < -0.4 is 4.74 Å². The minimum Gasteiger partial charge on any atom is -0.471 e. The van der Waals surface area contributed by atoms with Crippen LogP contribution in [0.3, 0.4) is 0 Å². The Labute approximate surface area is 158 Å². The van der Waals surface area contributed by atoms with Gasteiger partial charge < -0.3 is 19.3 Å². The number of hydrogen-bond acceptors (Lipinski definition) is 6. The van der Waals surface area contributed by atoms with E-state index < -0.39 is 0 Å². The van der Waals surface area contributed by atoms with E-state index in [1.54, 1.807) is 18.6 Å². The van der Waals surface area contributed by atoms with Gasteiger partial charge >= 0.3 is 0 Å². The van der Waals surface area contributed by atoms with Gasteiger partial charge in [-0.3, -0.25) is 14.6 Å². The van der Waals surface area contributed by atoms with Gasteiger partial charge in [-0.25, -0.2) is 4.98 Å². The Morgan fingerprint density at radius 3 is 2.81 bits per heavy atom. The largest absolute Gasteiger partial charge is 0.471 e. The van der Waals surface area contributed by atoms with Crippen molar-refractivity contribution in [2.24, 2.45) is 5.92 Å². The van der Waals surface area contributed by atoms with E-state index in [4.69, 9.17) is 9.47 Å². The monoisotopic (exact) mass is 374 g/mol. The number of hydrogen-bond donors (Lipinski definition) is 0. The molecule has 4 heterocycles. The topological polar surface area (TPSA) is 84.9 Å². The molecule has 0 spiro atoms. The van der Waals surface area contributed by atoms with Crippen molar-refractivity contribution in [1.82, 2.24) is 19.8 Å². The molecule has 1 aromatic heterocycles. The Hall–Kier alpha value is -2.22. The highest BCUT2D eigenvalue weighted by Crippen LogP contribution is 2.27. The lowest BCUT2D eigenvalue weighted by molar-refractivity contribution is -0.138. The highest BCUT2D eigenvalue weighted by molar-refractivity contribution is 5.89. The Bertz CT molecular complexity index is 665. The molecule has 0 radical (unpaired) electrons. The molecule has 0 N–H and O–H groups in total. The molecule has 0 bridgehead atoms. The summed E-state index contributed by atoms with van der Waals surface area (Å²) in [5.74, 6) is 0.420. The number of ether oxygens (including phenoxy) is 2. The summed E-state index contributed by atoms with van der Waals surface area (Å²) >= 11 is 0. The summed E-state index contributed by atoms with van der Waals surface area (Å²) in [7, 11) is 0. The normalized spacial score (nSPS) is 27.0. The van der Waals surface area contributed by atoms with E-state index in [9.17, 15) is 9.59 Å². The minimum atomic E-state index is -0.240. The van der Waals surface area contributed by atoms with Crippen LogP contribution in [0.5, 0.6) is 5.88 Å². The number of likely N-dealkylation sites (tertiary alicyclic amines) is 2. The van der Waals surface area contributed by atoms with E-state index in [-0.39, 0.29) is 29.9 Å². The van der Waals surface area contributed by atoms with E-state index >= 15 is 0 Å². The summed E-state index contributed by atoms with van der Waals surface area (Å²) in [5, 5.41) is 0. The first-order valence-electron chi connectivity index (χ1n) is 9.79. The van der Waals surface area contributed by atoms with Crippen molar-refractivity contribution in [2.75, 3.05) is 32.8 Å². The molecule has 3 fully saturated rings. The van der Waals surface area contributed by atoms with Gasteiger partial charge in [0, 0.05) is 51.2 Å². The highest BCUT2D eigenvalue weighted by atomic mass is 16.5. The van der Waals surface area contributed by atoms with Crippen LogP contribution in [0.25, 0.3) is 0 Å². The summed E-state index contributed by atoms with van der Waals surface area (Å²) in [6.45, 7) is 3.19. The summed E-state index contributed by atoms with van der Waals surface area (Å²) in [5.41, 5.74) is 0. The molecular formula is C19H26N4O4. The van der Waals surface area contributed by atoms with Crippen molar-refractivity contribution in [3.63, 3.8) is 0 Å². The van der Waals surface area contributed by atoms with E-state index in [1.807, 2.05) is 9.80 Å². The van der Waals surface area contributed by atoms with Crippen molar-refractivity contribution >= 4 is 11.8 Å². The van der Waals surface area contributed by atoms with Crippen LogP contribution in [0.4, 0.5) is 0 Å². The number of carbonyl (C=O) groups is 2. The van der Waals surface area contributed by atoms with E-state index in [0.29, 0.717) is 38.6 Å². The molecule has 4 rings (SSSR count). The molecule has 3 saturated heterocycles. The zero-order valence-electron chi connectivity index (χ0n) is 15.5. The van der Waals surface area contributed by atoms with Crippen LogP contribution in [-0.4, -0.2) is 76.6 Å². The van der Waals surface area contributed by atoms with Crippen molar-refractivity contribution in [2.45, 2.75) is 44.2 Å². The van der Waals surface area contributed by atoms with Crippen LogP contribution in [0.1, 0.15) is 32.1 Å². The van der Waals surface area contributed by atoms with E-state index in [1.165, 1.54) is 0 Å². The van der Waals surface area contributed by atoms with Crippen LogP contribution >= 0.6 is 0 Å². The second kappa shape index (κ2) is 8.21. The Morgan fingerprint density at radius 1 is 1.19 bits per heavy atom. The van der Waals surface area contributed by atoms with Gasteiger partial charge in [0.05, 0.1) is 18.7 Å². The molecule has 3 aliphatic heterocycles. The van der Waals surface area contributed by atoms with Crippen molar-refractivity contribution < 1.29 is 19.1 Å². The molecule has 8 nitrogen and oxygen atoms in total. The molecule has 0 aliphatic carbocycles. The first-order chi connectivity index (χ1) is 13.2. The number of amides is 2. The number of piperidine rings is 1. The molecule has 146 valence electrons. The Balaban J connectivity index is 1.34. The zero-order valence-corrected chi connectivity index (χ0v) is 15.5. The predicted octanol–water partition coefficient (Wildman–Crippen LogP) is 0.874. The number of carbonyl (C=O) groups excluding carboxylic acids is 2. The van der Waals surface area contributed by atoms with Crippen LogP contribution in [-0.2, 0) is 14.3 Å². The van der Waals surface area contributed by atoms with Gasteiger partial charge in [0.2, 0.25) is 17.7 Å². The maximum atomic E-state index is 13.0.